The van der Waals surface area contributed by atoms with Crippen LogP contribution in [0.1, 0.15) is 20.9 Å². The molecule has 132 valence electrons. The summed E-state index contributed by atoms with van der Waals surface area (Å²) in [6.07, 6.45) is 1.34. The maximum Gasteiger partial charge on any atom is 0.340 e. The highest BCUT2D eigenvalue weighted by molar-refractivity contribution is 6.07. The first kappa shape index (κ1) is 17.9. The van der Waals surface area contributed by atoms with Crippen molar-refractivity contribution in [1.29, 1.82) is 0 Å². The summed E-state index contributed by atoms with van der Waals surface area (Å²) in [4.78, 5) is 35.2. The van der Waals surface area contributed by atoms with Crippen LogP contribution in [0.5, 0.6) is 11.5 Å². The monoisotopic (exact) mass is 348 g/mol. The third kappa shape index (κ3) is 4.28. The molecule has 0 unspecified atom stereocenters. The van der Waals surface area contributed by atoms with Gasteiger partial charge in [0.15, 0.2) is 23.9 Å². The number of carbonyl (C=O) groups excluding carboxylic acids is 3. The molecule has 9 heteroatoms. The van der Waals surface area contributed by atoms with E-state index in [9.17, 15) is 14.4 Å². The Morgan fingerprint density at radius 1 is 1.16 bits per heavy atom. The molecule has 2 rings (SSSR count). The molecular formula is C16H16N2O7. The minimum absolute atomic E-state index is 0.0428. The van der Waals surface area contributed by atoms with E-state index in [4.69, 9.17) is 24.4 Å². The number of nitrogens with two attached hydrogens (primary N) is 1. The molecule has 0 spiro atoms. The normalized spacial score (nSPS) is 10.0. The van der Waals surface area contributed by atoms with Crippen molar-refractivity contribution in [3.8, 4) is 11.5 Å². The van der Waals surface area contributed by atoms with Gasteiger partial charge in [-0.1, -0.05) is 0 Å². The molecule has 2 amide bonds. The van der Waals surface area contributed by atoms with Crippen LogP contribution in [0.4, 0.5) is 5.69 Å². The van der Waals surface area contributed by atoms with Gasteiger partial charge in [0.2, 0.25) is 0 Å². The van der Waals surface area contributed by atoms with E-state index in [-0.39, 0.29) is 28.5 Å². The lowest BCUT2D eigenvalue weighted by atomic mass is 10.1. The molecule has 0 atom stereocenters. The van der Waals surface area contributed by atoms with E-state index in [1.54, 1.807) is 6.07 Å². The van der Waals surface area contributed by atoms with Crippen molar-refractivity contribution >= 4 is 23.5 Å². The van der Waals surface area contributed by atoms with Crippen molar-refractivity contribution in [2.45, 2.75) is 0 Å². The Labute approximate surface area is 142 Å². The van der Waals surface area contributed by atoms with Crippen LogP contribution < -0.4 is 20.5 Å². The number of primary amides is 1. The van der Waals surface area contributed by atoms with Crippen LogP contribution in [0.2, 0.25) is 0 Å². The molecule has 0 fully saturated rings. The molecule has 0 radical (unpaired) electrons. The van der Waals surface area contributed by atoms with Gasteiger partial charge < -0.3 is 29.7 Å². The number of esters is 1. The van der Waals surface area contributed by atoms with Gasteiger partial charge in [-0.05, 0) is 12.1 Å². The van der Waals surface area contributed by atoms with Gasteiger partial charge in [-0.15, -0.1) is 0 Å². The van der Waals surface area contributed by atoms with Crippen molar-refractivity contribution < 1.29 is 33.0 Å². The van der Waals surface area contributed by atoms with E-state index < -0.39 is 24.4 Å². The number of benzene rings is 1. The van der Waals surface area contributed by atoms with Crippen molar-refractivity contribution in [2.24, 2.45) is 5.73 Å². The summed E-state index contributed by atoms with van der Waals surface area (Å²) >= 11 is 0. The Bertz CT molecular complexity index is 784. The number of methoxy groups -OCH3 is 2. The molecule has 1 heterocycles. The van der Waals surface area contributed by atoms with Crippen molar-refractivity contribution in [2.75, 3.05) is 26.1 Å². The summed E-state index contributed by atoms with van der Waals surface area (Å²) in [5.74, 6) is -1.69. The van der Waals surface area contributed by atoms with Gasteiger partial charge >= 0.3 is 5.97 Å². The SMILES string of the molecule is COc1cc(NC(=O)c2ccco2)c(C(=O)OCC(N)=O)cc1OC. The number of anilines is 1. The van der Waals surface area contributed by atoms with Gasteiger partial charge in [-0.2, -0.15) is 0 Å². The fourth-order valence-electron chi connectivity index (χ4n) is 1.96. The lowest BCUT2D eigenvalue weighted by molar-refractivity contribution is -0.121. The van der Waals surface area contributed by atoms with Gasteiger partial charge in [0.05, 0.1) is 31.7 Å². The zero-order chi connectivity index (χ0) is 18.4. The maximum atomic E-state index is 12.2. The van der Waals surface area contributed by atoms with Crippen molar-refractivity contribution in [1.82, 2.24) is 0 Å². The quantitative estimate of drug-likeness (QED) is 0.719. The van der Waals surface area contributed by atoms with E-state index >= 15 is 0 Å². The van der Waals surface area contributed by atoms with E-state index in [0.717, 1.165) is 0 Å². The second-order valence-electron chi connectivity index (χ2n) is 4.73. The minimum Gasteiger partial charge on any atom is -0.493 e. The lowest BCUT2D eigenvalue weighted by Gasteiger charge is -2.14. The zero-order valence-corrected chi connectivity index (χ0v) is 13.5. The van der Waals surface area contributed by atoms with Gasteiger partial charge in [0.25, 0.3) is 11.8 Å². The number of amides is 2. The van der Waals surface area contributed by atoms with E-state index in [0.29, 0.717) is 0 Å². The van der Waals surface area contributed by atoms with E-state index in [1.165, 1.54) is 38.7 Å². The van der Waals surface area contributed by atoms with E-state index in [2.05, 4.69) is 5.32 Å². The maximum absolute atomic E-state index is 12.2. The average molecular weight is 348 g/mol. The molecule has 0 saturated heterocycles. The zero-order valence-electron chi connectivity index (χ0n) is 13.5. The number of hydrogen-bond donors (Lipinski definition) is 2. The van der Waals surface area contributed by atoms with Crippen LogP contribution in [0.3, 0.4) is 0 Å². The molecule has 25 heavy (non-hydrogen) atoms. The first-order valence-corrected chi connectivity index (χ1v) is 7.02. The molecular weight excluding hydrogens is 332 g/mol. The van der Waals surface area contributed by atoms with Crippen LogP contribution in [0.15, 0.2) is 34.9 Å². The Morgan fingerprint density at radius 3 is 2.40 bits per heavy atom. The van der Waals surface area contributed by atoms with Crippen molar-refractivity contribution in [3.63, 3.8) is 0 Å². The number of ether oxygens (including phenoxy) is 3. The number of nitrogens with one attached hydrogen (secondary N) is 1. The fraction of sp³-hybridized carbons (Fsp3) is 0.188. The summed E-state index contributed by atoms with van der Waals surface area (Å²) in [6, 6.07) is 5.72. The molecule has 9 nitrogen and oxygen atoms in total. The third-order valence-corrected chi connectivity index (χ3v) is 3.08. The van der Waals surface area contributed by atoms with Crippen LogP contribution in [-0.4, -0.2) is 38.6 Å². The number of carbonyl (C=O) groups is 3. The van der Waals surface area contributed by atoms with Crippen LogP contribution in [-0.2, 0) is 9.53 Å². The predicted molar refractivity (Wildman–Crippen MR) is 85.7 cm³/mol. The fourth-order valence-corrected chi connectivity index (χ4v) is 1.96. The largest absolute Gasteiger partial charge is 0.493 e. The molecule has 0 aliphatic carbocycles. The average Bonchev–Trinajstić information content (AvgIpc) is 3.13. The van der Waals surface area contributed by atoms with Crippen LogP contribution in [0, 0.1) is 0 Å². The summed E-state index contributed by atoms with van der Waals surface area (Å²) in [6.45, 7) is -0.598. The molecule has 0 aliphatic heterocycles. The van der Waals surface area contributed by atoms with Gasteiger partial charge in [0, 0.05) is 12.1 Å². The van der Waals surface area contributed by atoms with Gasteiger partial charge in [-0.3, -0.25) is 9.59 Å². The second kappa shape index (κ2) is 7.86. The van der Waals surface area contributed by atoms with Crippen molar-refractivity contribution in [3.05, 3.63) is 41.9 Å². The highest BCUT2D eigenvalue weighted by atomic mass is 16.5. The molecule has 0 saturated carbocycles. The molecule has 0 aliphatic rings. The second-order valence-corrected chi connectivity index (χ2v) is 4.73. The summed E-state index contributed by atoms with van der Waals surface area (Å²) < 4.78 is 20.1. The molecule has 3 N–H and O–H groups in total. The molecule has 1 aromatic heterocycles. The number of hydrogen-bond acceptors (Lipinski definition) is 7. The topological polar surface area (TPSA) is 130 Å². The lowest BCUT2D eigenvalue weighted by Crippen LogP contribution is -2.22. The standard InChI is InChI=1S/C16H16N2O7/c1-22-12-6-9(16(21)25-8-14(17)19)10(7-13(12)23-2)18-15(20)11-4-3-5-24-11/h3-7H,8H2,1-2H3,(H2,17,19)(H,18,20). The Balaban J connectivity index is 2.38. The molecule has 1 aromatic carbocycles. The summed E-state index contributed by atoms with van der Waals surface area (Å²) in [7, 11) is 2.79. The first-order chi connectivity index (χ1) is 12.0. The van der Waals surface area contributed by atoms with Gasteiger partial charge in [-0.25, -0.2) is 4.79 Å². The van der Waals surface area contributed by atoms with Crippen LogP contribution in [0.25, 0.3) is 0 Å². The van der Waals surface area contributed by atoms with E-state index in [1.807, 2.05) is 0 Å². The summed E-state index contributed by atoms with van der Waals surface area (Å²) in [5.41, 5.74) is 5.01. The predicted octanol–water partition coefficient (Wildman–Crippen LogP) is 1.19. The highest BCUT2D eigenvalue weighted by Crippen LogP contribution is 2.34. The Kier molecular flexibility index (Phi) is 5.62. The molecule has 2 aromatic rings. The molecule has 0 bridgehead atoms. The highest BCUT2D eigenvalue weighted by Gasteiger charge is 2.21. The minimum atomic E-state index is -0.866. The third-order valence-electron chi connectivity index (χ3n) is 3.08. The number of furan rings is 1. The smallest absolute Gasteiger partial charge is 0.340 e. The van der Waals surface area contributed by atoms with Gasteiger partial charge in [0.1, 0.15) is 0 Å². The Morgan fingerprint density at radius 2 is 1.84 bits per heavy atom. The van der Waals surface area contributed by atoms with Crippen LogP contribution >= 0.6 is 0 Å². The number of rotatable bonds is 7. The first-order valence-electron chi connectivity index (χ1n) is 7.02. The summed E-state index contributed by atoms with van der Waals surface area (Å²) in [5, 5.41) is 2.52. The Hall–Kier alpha value is -3.49.